The van der Waals surface area contributed by atoms with Gasteiger partial charge in [-0.15, -0.1) is 0 Å². The molecule has 0 aromatic heterocycles. The molecule has 0 aliphatic heterocycles. The molecule has 2 aliphatic rings. The minimum Gasteiger partial charge on any atom is -0.466 e. The lowest BCUT2D eigenvalue weighted by Gasteiger charge is -2.28. The molecule has 2 heteroatoms. The van der Waals surface area contributed by atoms with Crippen LogP contribution in [0.5, 0.6) is 0 Å². The van der Waals surface area contributed by atoms with E-state index in [-0.39, 0.29) is 11.9 Å². The molecule has 2 nitrogen and oxygen atoms in total. The Morgan fingerprint density at radius 1 is 1.50 bits per heavy atom. The van der Waals surface area contributed by atoms with Crippen LogP contribution in [0.3, 0.4) is 0 Å². The molecule has 0 amide bonds. The fourth-order valence-electron chi connectivity index (χ4n) is 2.85. The highest BCUT2D eigenvalue weighted by Crippen LogP contribution is 2.42. The van der Waals surface area contributed by atoms with Crippen molar-refractivity contribution in [2.75, 3.05) is 6.61 Å². The number of esters is 1. The van der Waals surface area contributed by atoms with E-state index in [9.17, 15) is 4.79 Å². The number of allylic oxidation sites excluding steroid dienone is 2. The topological polar surface area (TPSA) is 26.3 Å². The summed E-state index contributed by atoms with van der Waals surface area (Å²) >= 11 is 0. The molecule has 78 valence electrons. The van der Waals surface area contributed by atoms with Gasteiger partial charge in [0.15, 0.2) is 0 Å². The Morgan fingerprint density at radius 2 is 2.36 bits per heavy atom. The molecule has 1 saturated carbocycles. The smallest absolute Gasteiger partial charge is 0.309 e. The second-order valence-electron chi connectivity index (χ2n) is 4.28. The van der Waals surface area contributed by atoms with E-state index in [1.165, 1.54) is 19.3 Å². The van der Waals surface area contributed by atoms with Gasteiger partial charge in [0, 0.05) is 0 Å². The summed E-state index contributed by atoms with van der Waals surface area (Å²) in [5.74, 6) is 1.39. The number of hydrogen-bond acceptors (Lipinski definition) is 2. The van der Waals surface area contributed by atoms with Crippen LogP contribution in [0.4, 0.5) is 0 Å². The second kappa shape index (κ2) is 4.16. The Morgan fingerprint density at radius 3 is 3.14 bits per heavy atom. The van der Waals surface area contributed by atoms with E-state index in [2.05, 4.69) is 12.2 Å². The van der Waals surface area contributed by atoms with Crippen molar-refractivity contribution >= 4 is 5.97 Å². The Hall–Kier alpha value is -0.790. The van der Waals surface area contributed by atoms with E-state index < -0.39 is 0 Å². The van der Waals surface area contributed by atoms with Crippen LogP contribution in [0.25, 0.3) is 0 Å². The van der Waals surface area contributed by atoms with Gasteiger partial charge in [0.1, 0.15) is 0 Å². The van der Waals surface area contributed by atoms with Gasteiger partial charge in [-0.3, -0.25) is 4.79 Å². The van der Waals surface area contributed by atoms with Crippen LogP contribution < -0.4 is 0 Å². The van der Waals surface area contributed by atoms with Gasteiger partial charge in [0.05, 0.1) is 12.5 Å². The first-order valence-corrected chi connectivity index (χ1v) is 5.66. The van der Waals surface area contributed by atoms with E-state index in [0.717, 1.165) is 6.42 Å². The Balaban J connectivity index is 2.04. The lowest BCUT2D eigenvalue weighted by molar-refractivity contribution is -0.150. The summed E-state index contributed by atoms with van der Waals surface area (Å²) in [5.41, 5.74) is 0. The third-order valence-corrected chi connectivity index (χ3v) is 3.50. The minimum absolute atomic E-state index is 0.0220. The molecule has 0 bridgehead atoms. The molecule has 0 radical (unpaired) electrons. The molecule has 0 unspecified atom stereocenters. The van der Waals surface area contributed by atoms with Gasteiger partial charge < -0.3 is 4.74 Å². The highest BCUT2D eigenvalue weighted by atomic mass is 16.5. The maximum absolute atomic E-state index is 11.7. The van der Waals surface area contributed by atoms with E-state index in [1.54, 1.807) is 0 Å². The molecule has 14 heavy (non-hydrogen) atoms. The van der Waals surface area contributed by atoms with Crippen LogP contribution in [0.1, 0.15) is 32.6 Å². The average molecular weight is 194 g/mol. The average Bonchev–Trinajstić information content (AvgIpc) is 2.65. The van der Waals surface area contributed by atoms with Crippen LogP contribution in [0.15, 0.2) is 12.2 Å². The van der Waals surface area contributed by atoms with Crippen molar-refractivity contribution in [2.24, 2.45) is 17.8 Å². The highest BCUT2D eigenvalue weighted by molar-refractivity contribution is 5.73. The Kier molecular flexibility index (Phi) is 2.90. The number of hydrogen-bond donors (Lipinski definition) is 0. The van der Waals surface area contributed by atoms with Gasteiger partial charge in [-0.05, 0) is 38.0 Å². The molecule has 1 fully saturated rings. The van der Waals surface area contributed by atoms with Crippen LogP contribution in [-0.2, 0) is 9.53 Å². The lowest BCUT2D eigenvalue weighted by Crippen LogP contribution is -2.29. The van der Waals surface area contributed by atoms with Crippen molar-refractivity contribution in [3.05, 3.63) is 12.2 Å². The van der Waals surface area contributed by atoms with Crippen molar-refractivity contribution in [1.82, 2.24) is 0 Å². The lowest BCUT2D eigenvalue weighted by atomic mass is 9.78. The summed E-state index contributed by atoms with van der Waals surface area (Å²) in [6.45, 7) is 2.39. The van der Waals surface area contributed by atoms with Gasteiger partial charge in [-0.25, -0.2) is 0 Å². The van der Waals surface area contributed by atoms with Crippen LogP contribution >= 0.6 is 0 Å². The number of carbonyl (C=O) groups excluding carboxylic acids is 1. The zero-order valence-corrected chi connectivity index (χ0v) is 8.74. The molecule has 0 N–H and O–H groups in total. The highest BCUT2D eigenvalue weighted by Gasteiger charge is 2.38. The summed E-state index contributed by atoms with van der Waals surface area (Å²) in [7, 11) is 0. The summed E-state index contributed by atoms with van der Waals surface area (Å²) in [6.07, 6.45) is 9.09. The molecule has 0 aromatic rings. The summed E-state index contributed by atoms with van der Waals surface area (Å²) in [4.78, 5) is 11.7. The van der Waals surface area contributed by atoms with E-state index in [0.29, 0.717) is 18.4 Å². The molecule has 2 aliphatic carbocycles. The zero-order valence-electron chi connectivity index (χ0n) is 8.74. The normalized spacial score (nSPS) is 35.4. The number of rotatable bonds is 2. The van der Waals surface area contributed by atoms with Crippen molar-refractivity contribution < 1.29 is 9.53 Å². The first-order valence-electron chi connectivity index (χ1n) is 5.66. The first-order chi connectivity index (χ1) is 6.83. The van der Waals surface area contributed by atoms with E-state index in [4.69, 9.17) is 4.74 Å². The van der Waals surface area contributed by atoms with Crippen LogP contribution in [0.2, 0.25) is 0 Å². The van der Waals surface area contributed by atoms with Gasteiger partial charge >= 0.3 is 5.97 Å². The van der Waals surface area contributed by atoms with Crippen molar-refractivity contribution in [1.29, 1.82) is 0 Å². The Bertz CT molecular complexity index is 245. The molecular weight excluding hydrogens is 176 g/mol. The fraction of sp³-hybridized carbons (Fsp3) is 0.750. The predicted octanol–water partition coefficient (Wildman–Crippen LogP) is 2.54. The van der Waals surface area contributed by atoms with Crippen molar-refractivity contribution in [3.8, 4) is 0 Å². The quantitative estimate of drug-likeness (QED) is 0.499. The van der Waals surface area contributed by atoms with Crippen molar-refractivity contribution in [3.63, 3.8) is 0 Å². The maximum atomic E-state index is 11.7. The van der Waals surface area contributed by atoms with Gasteiger partial charge in [0.2, 0.25) is 0 Å². The van der Waals surface area contributed by atoms with Gasteiger partial charge in [-0.2, -0.15) is 0 Å². The summed E-state index contributed by atoms with van der Waals surface area (Å²) in [6, 6.07) is 0. The van der Waals surface area contributed by atoms with E-state index >= 15 is 0 Å². The molecule has 0 saturated heterocycles. The third-order valence-electron chi connectivity index (χ3n) is 3.50. The van der Waals surface area contributed by atoms with Gasteiger partial charge in [0.25, 0.3) is 0 Å². The van der Waals surface area contributed by atoms with Gasteiger partial charge in [-0.1, -0.05) is 18.6 Å². The SMILES string of the molecule is CCOC(=O)[C@H]1CC=C[C@H]2CCC[C@@H]12. The summed E-state index contributed by atoms with van der Waals surface area (Å²) in [5, 5.41) is 0. The molecule has 0 spiro atoms. The van der Waals surface area contributed by atoms with Crippen LogP contribution in [-0.4, -0.2) is 12.6 Å². The van der Waals surface area contributed by atoms with E-state index in [1.807, 2.05) is 6.92 Å². The fourth-order valence-corrected chi connectivity index (χ4v) is 2.85. The maximum Gasteiger partial charge on any atom is 0.309 e. The number of fused-ring (bicyclic) bond motifs is 1. The molecule has 0 aromatic carbocycles. The first kappa shape index (κ1) is 9.75. The molecule has 2 rings (SSSR count). The molecule has 3 atom stereocenters. The molecule has 0 heterocycles. The van der Waals surface area contributed by atoms with Crippen LogP contribution in [0, 0.1) is 17.8 Å². The Labute approximate surface area is 85.3 Å². The predicted molar refractivity (Wildman–Crippen MR) is 54.7 cm³/mol. The zero-order chi connectivity index (χ0) is 9.97. The number of carbonyl (C=O) groups is 1. The standard InChI is InChI=1S/C12H18O2/c1-2-14-12(13)11-8-4-6-9-5-3-7-10(9)11/h4,6,9-11H,2-3,5,7-8H2,1H3/t9-,10-,11+/m1/s1. The van der Waals surface area contributed by atoms with Crippen molar-refractivity contribution in [2.45, 2.75) is 32.6 Å². The summed E-state index contributed by atoms with van der Waals surface area (Å²) < 4.78 is 5.12. The second-order valence-corrected chi connectivity index (χ2v) is 4.28. The monoisotopic (exact) mass is 194 g/mol. The molecular formula is C12H18O2. The minimum atomic E-state index is 0.0220. The third kappa shape index (κ3) is 1.70. The number of ether oxygens (including phenoxy) is 1. The largest absolute Gasteiger partial charge is 0.466 e.